The van der Waals surface area contributed by atoms with Gasteiger partial charge in [-0.2, -0.15) is 0 Å². The zero-order chi connectivity index (χ0) is 7.56. The van der Waals surface area contributed by atoms with Crippen molar-refractivity contribution in [3.8, 4) is 0 Å². The largest absolute Gasteiger partial charge is 0.327 e. The third-order valence-corrected chi connectivity index (χ3v) is 2.95. The first-order valence-electron chi connectivity index (χ1n) is 4.53. The molecule has 0 heterocycles. The fraction of sp³-hybridized carbons (Fsp3) is 1.00. The maximum absolute atomic E-state index is 5.96. The Morgan fingerprint density at radius 2 is 1.90 bits per heavy atom. The van der Waals surface area contributed by atoms with Gasteiger partial charge in [-0.05, 0) is 24.7 Å². The number of nitrogens with two attached hydrogens (primary N) is 1. The molecule has 0 bridgehead atoms. The summed E-state index contributed by atoms with van der Waals surface area (Å²) in [5.74, 6) is 1.75. The van der Waals surface area contributed by atoms with E-state index in [-0.39, 0.29) is 0 Å². The summed E-state index contributed by atoms with van der Waals surface area (Å²) in [7, 11) is 0. The molecule has 3 unspecified atom stereocenters. The molecule has 0 radical (unpaired) electrons. The number of rotatable bonds is 2. The number of hydrogen-bond donors (Lipinski definition) is 1. The standard InChI is InChI=1S/C9H19N/c1-3-7-5-8(4-2)9(10)6-7/h7-9H,3-6,10H2,1-2H3. The van der Waals surface area contributed by atoms with Crippen molar-refractivity contribution >= 4 is 0 Å². The van der Waals surface area contributed by atoms with Crippen molar-refractivity contribution in [3.05, 3.63) is 0 Å². The molecule has 0 saturated heterocycles. The monoisotopic (exact) mass is 141 g/mol. The van der Waals surface area contributed by atoms with Gasteiger partial charge in [-0.3, -0.25) is 0 Å². The zero-order valence-electron chi connectivity index (χ0n) is 7.14. The SMILES string of the molecule is CCC1CC(N)C(CC)C1. The average Bonchev–Trinajstić information content (AvgIpc) is 2.30. The van der Waals surface area contributed by atoms with Crippen LogP contribution in [0, 0.1) is 11.8 Å². The van der Waals surface area contributed by atoms with Crippen LogP contribution in [0.4, 0.5) is 0 Å². The fourth-order valence-electron chi connectivity index (χ4n) is 2.08. The lowest BCUT2D eigenvalue weighted by Crippen LogP contribution is -2.23. The Morgan fingerprint density at radius 1 is 1.20 bits per heavy atom. The van der Waals surface area contributed by atoms with Crippen LogP contribution < -0.4 is 5.73 Å². The summed E-state index contributed by atoms with van der Waals surface area (Å²) < 4.78 is 0. The van der Waals surface area contributed by atoms with Gasteiger partial charge in [0.1, 0.15) is 0 Å². The van der Waals surface area contributed by atoms with E-state index < -0.39 is 0 Å². The molecule has 1 fully saturated rings. The van der Waals surface area contributed by atoms with Crippen molar-refractivity contribution in [3.63, 3.8) is 0 Å². The molecule has 0 aliphatic heterocycles. The molecule has 1 aliphatic carbocycles. The Bertz CT molecular complexity index is 101. The summed E-state index contributed by atoms with van der Waals surface area (Å²) in [6.07, 6.45) is 5.26. The molecule has 0 spiro atoms. The lowest BCUT2D eigenvalue weighted by atomic mass is 10.00. The van der Waals surface area contributed by atoms with Crippen LogP contribution in [0.3, 0.4) is 0 Å². The molecule has 3 atom stereocenters. The van der Waals surface area contributed by atoms with Crippen LogP contribution in [0.1, 0.15) is 39.5 Å². The van der Waals surface area contributed by atoms with E-state index in [0.29, 0.717) is 6.04 Å². The van der Waals surface area contributed by atoms with E-state index in [1.807, 2.05) is 0 Å². The fourth-order valence-corrected chi connectivity index (χ4v) is 2.08. The van der Waals surface area contributed by atoms with Gasteiger partial charge in [0.25, 0.3) is 0 Å². The molecule has 1 aliphatic rings. The molecule has 2 N–H and O–H groups in total. The highest BCUT2D eigenvalue weighted by Gasteiger charge is 2.28. The summed E-state index contributed by atoms with van der Waals surface area (Å²) in [6, 6.07) is 0.509. The van der Waals surface area contributed by atoms with Gasteiger partial charge in [-0.1, -0.05) is 26.7 Å². The van der Waals surface area contributed by atoms with Crippen LogP contribution in [0.5, 0.6) is 0 Å². The maximum Gasteiger partial charge on any atom is 0.00698 e. The third-order valence-electron chi connectivity index (χ3n) is 2.95. The molecular weight excluding hydrogens is 122 g/mol. The highest BCUT2D eigenvalue weighted by Crippen LogP contribution is 2.33. The molecule has 1 heteroatoms. The second-order valence-electron chi connectivity index (χ2n) is 3.58. The molecular formula is C9H19N. The Hall–Kier alpha value is -0.0400. The van der Waals surface area contributed by atoms with Gasteiger partial charge >= 0.3 is 0 Å². The summed E-state index contributed by atoms with van der Waals surface area (Å²) in [5, 5.41) is 0. The van der Waals surface area contributed by atoms with Crippen LogP contribution in [-0.2, 0) is 0 Å². The van der Waals surface area contributed by atoms with Crippen LogP contribution in [0.15, 0.2) is 0 Å². The molecule has 1 rings (SSSR count). The zero-order valence-corrected chi connectivity index (χ0v) is 7.14. The van der Waals surface area contributed by atoms with Crippen LogP contribution in [0.2, 0.25) is 0 Å². The van der Waals surface area contributed by atoms with Crippen LogP contribution >= 0.6 is 0 Å². The smallest absolute Gasteiger partial charge is 0.00698 e. The van der Waals surface area contributed by atoms with Crippen molar-refractivity contribution in [1.82, 2.24) is 0 Å². The highest BCUT2D eigenvalue weighted by atomic mass is 14.7. The van der Waals surface area contributed by atoms with Gasteiger partial charge in [0, 0.05) is 6.04 Å². The van der Waals surface area contributed by atoms with E-state index in [1.54, 1.807) is 0 Å². The second kappa shape index (κ2) is 3.38. The van der Waals surface area contributed by atoms with Crippen molar-refractivity contribution in [2.24, 2.45) is 17.6 Å². The summed E-state index contributed by atoms with van der Waals surface area (Å²) in [5.41, 5.74) is 5.96. The van der Waals surface area contributed by atoms with Crippen molar-refractivity contribution in [1.29, 1.82) is 0 Å². The van der Waals surface area contributed by atoms with E-state index in [0.717, 1.165) is 11.8 Å². The predicted molar refractivity (Wildman–Crippen MR) is 44.8 cm³/mol. The normalized spacial score (nSPS) is 40.5. The lowest BCUT2D eigenvalue weighted by molar-refractivity contribution is 0.452. The van der Waals surface area contributed by atoms with Gasteiger partial charge in [0.2, 0.25) is 0 Å². The molecule has 0 aromatic carbocycles. The van der Waals surface area contributed by atoms with Crippen molar-refractivity contribution < 1.29 is 0 Å². The molecule has 0 aromatic heterocycles. The Kier molecular flexibility index (Phi) is 2.72. The van der Waals surface area contributed by atoms with E-state index >= 15 is 0 Å². The van der Waals surface area contributed by atoms with Gasteiger partial charge < -0.3 is 5.73 Å². The van der Waals surface area contributed by atoms with Gasteiger partial charge in [-0.15, -0.1) is 0 Å². The van der Waals surface area contributed by atoms with Crippen LogP contribution in [0.25, 0.3) is 0 Å². The Balaban J connectivity index is 2.36. The molecule has 1 nitrogen and oxygen atoms in total. The third kappa shape index (κ3) is 1.51. The molecule has 10 heavy (non-hydrogen) atoms. The molecule has 0 aromatic rings. The lowest BCUT2D eigenvalue weighted by Gasteiger charge is -2.10. The molecule has 60 valence electrons. The summed E-state index contributed by atoms with van der Waals surface area (Å²) in [6.45, 7) is 4.53. The first-order chi connectivity index (χ1) is 4.77. The maximum atomic E-state index is 5.96. The Morgan fingerprint density at radius 3 is 2.20 bits per heavy atom. The second-order valence-corrected chi connectivity index (χ2v) is 3.58. The minimum absolute atomic E-state index is 0.509. The van der Waals surface area contributed by atoms with E-state index in [1.165, 1.54) is 25.7 Å². The topological polar surface area (TPSA) is 26.0 Å². The van der Waals surface area contributed by atoms with E-state index in [4.69, 9.17) is 5.73 Å². The van der Waals surface area contributed by atoms with Gasteiger partial charge in [0.05, 0.1) is 0 Å². The molecule has 0 amide bonds. The van der Waals surface area contributed by atoms with E-state index in [9.17, 15) is 0 Å². The predicted octanol–water partition coefficient (Wildman–Crippen LogP) is 2.16. The minimum atomic E-state index is 0.509. The number of hydrogen-bond acceptors (Lipinski definition) is 1. The highest BCUT2D eigenvalue weighted by molar-refractivity contribution is 4.84. The van der Waals surface area contributed by atoms with Gasteiger partial charge in [-0.25, -0.2) is 0 Å². The quantitative estimate of drug-likeness (QED) is 0.626. The summed E-state index contributed by atoms with van der Waals surface area (Å²) in [4.78, 5) is 0. The first kappa shape index (κ1) is 8.06. The summed E-state index contributed by atoms with van der Waals surface area (Å²) >= 11 is 0. The van der Waals surface area contributed by atoms with Crippen LogP contribution in [-0.4, -0.2) is 6.04 Å². The minimum Gasteiger partial charge on any atom is -0.327 e. The van der Waals surface area contributed by atoms with E-state index in [2.05, 4.69) is 13.8 Å². The molecule has 1 saturated carbocycles. The average molecular weight is 141 g/mol. The van der Waals surface area contributed by atoms with Crippen molar-refractivity contribution in [2.45, 2.75) is 45.6 Å². The van der Waals surface area contributed by atoms with Crippen molar-refractivity contribution in [2.75, 3.05) is 0 Å². The Labute approximate surface area is 64.0 Å². The van der Waals surface area contributed by atoms with Gasteiger partial charge in [0.15, 0.2) is 0 Å². The first-order valence-corrected chi connectivity index (χ1v) is 4.53.